The molecule has 0 radical (unpaired) electrons. The summed E-state index contributed by atoms with van der Waals surface area (Å²) in [6, 6.07) is 1.99. The number of alkyl halides is 2. The van der Waals surface area contributed by atoms with Crippen molar-refractivity contribution < 1.29 is 13.6 Å². The van der Waals surface area contributed by atoms with Crippen molar-refractivity contribution in [2.75, 3.05) is 6.54 Å². The molecule has 1 aliphatic carbocycles. The Hall–Kier alpha value is -1.89. The minimum absolute atomic E-state index is 0.165. The maximum atomic E-state index is 13.0. The minimum Gasteiger partial charge on any atom is -0.338 e. The van der Waals surface area contributed by atoms with Gasteiger partial charge in [-0.3, -0.25) is 4.79 Å². The van der Waals surface area contributed by atoms with Crippen molar-refractivity contribution in [3.05, 3.63) is 34.4 Å². The first-order chi connectivity index (χ1) is 11.0. The van der Waals surface area contributed by atoms with Crippen molar-refractivity contribution in [2.45, 2.75) is 31.7 Å². The Morgan fingerprint density at radius 2 is 2.17 bits per heavy atom. The second kappa shape index (κ2) is 5.33. The van der Waals surface area contributed by atoms with Gasteiger partial charge in [-0.1, -0.05) is 0 Å². The summed E-state index contributed by atoms with van der Waals surface area (Å²) in [5, 5.41) is 3.99. The third kappa shape index (κ3) is 2.63. The van der Waals surface area contributed by atoms with Crippen molar-refractivity contribution in [1.82, 2.24) is 14.9 Å². The van der Waals surface area contributed by atoms with Crippen LogP contribution in [0.5, 0.6) is 0 Å². The maximum Gasteiger partial charge on any atom is 0.249 e. The van der Waals surface area contributed by atoms with Crippen LogP contribution in [0.15, 0.2) is 23.2 Å². The van der Waals surface area contributed by atoms with Gasteiger partial charge in [-0.15, -0.1) is 0 Å². The van der Waals surface area contributed by atoms with Crippen molar-refractivity contribution in [3.63, 3.8) is 0 Å². The highest BCUT2D eigenvalue weighted by molar-refractivity contribution is 7.08. The number of halogens is 2. The van der Waals surface area contributed by atoms with Gasteiger partial charge >= 0.3 is 0 Å². The summed E-state index contributed by atoms with van der Waals surface area (Å²) in [4.78, 5) is 22.8. The molecule has 0 aromatic carbocycles. The fourth-order valence-electron chi connectivity index (χ4n) is 3.27. The summed E-state index contributed by atoms with van der Waals surface area (Å²) in [6.07, 6.45) is 1.55. The van der Waals surface area contributed by atoms with Crippen LogP contribution >= 0.6 is 11.3 Å². The van der Waals surface area contributed by atoms with Crippen LogP contribution in [0.1, 0.15) is 24.1 Å². The molecule has 1 saturated carbocycles. The summed E-state index contributed by atoms with van der Waals surface area (Å²) in [7, 11) is 0. The van der Waals surface area contributed by atoms with Crippen LogP contribution in [0.3, 0.4) is 0 Å². The third-order valence-corrected chi connectivity index (χ3v) is 5.23. The Bertz CT molecular complexity index is 740. The van der Waals surface area contributed by atoms with E-state index in [-0.39, 0.29) is 18.7 Å². The van der Waals surface area contributed by atoms with Crippen LogP contribution in [-0.2, 0) is 17.8 Å². The maximum absolute atomic E-state index is 13.0. The van der Waals surface area contributed by atoms with E-state index in [9.17, 15) is 13.6 Å². The molecule has 4 rings (SSSR count). The molecule has 2 aromatic rings. The summed E-state index contributed by atoms with van der Waals surface area (Å²) >= 11 is 1.59. The zero-order valence-corrected chi connectivity index (χ0v) is 13.2. The van der Waals surface area contributed by atoms with Gasteiger partial charge in [-0.2, -0.15) is 11.3 Å². The highest BCUT2D eigenvalue weighted by atomic mass is 32.1. The predicted octanol–water partition coefficient (Wildman–Crippen LogP) is 3.14. The highest BCUT2D eigenvalue weighted by Gasteiger charge is 2.50. The molecule has 0 saturated heterocycles. The van der Waals surface area contributed by atoms with Crippen LogP contribution in [0.25, 0.3) is 11.3 Å². The van der Waals surface area contributed by atoms with Crippen LogP contribution in [0, 0.1) is 5.92 Å². The predicted molar refractivity (Wildman–Crippen MR) is 82.1 cm³/mol. The van der Waals surface area contributed by atoms with E-state index in [2.05, 4.69) is 9.97 Å². The Morgan fingerprint density at radius 3 is 2.87 bits per heavy atom. The molecular weight excluding hydrogens is 320 g/mol. The van der Waals surface area contributed by atoms with Gasteiger partial charge in [0, 0.05) is 54.8 Å². The van der Waals surface area contributed by atoms with E-state index < -0.39 is 11.8 Å². The van der Waals surface area contributed by atoms with E-state index in [4.69, 9.17) is 0 Å². The first kappa shape index (κ1) is 14.7. The molecule has 0 N–H and O–H groups in total. The lowest BCUT2D eigenvalue weighted by Gasteiger charge is -2.38. The topological polar surface area (TPSA) is 46.1 Å². The largest absolute Gasteiger partial charge is 0.338 e. The summed E-state index contributed by atoms with van der Waals surface area (Å²) < 4.78 is 26.0. The molecule has 0 bridgehead atoms. The second-order valence-electron chi connectivity index (χ2n) is 6.13. The molecule has 0 spiro atoms. The second-order valence-corrected chi connectivity index (χ2v) is 6.91. The first-order valence-corrected chi connectivity index (χ1v) is 8.50. The molecular formula is C16H15F2N3OS. The van der Waals surface area contributed by atoms with E-state index in [1.165, 1.54) is 0 Å². The van der Waals surface area contributed by atoms with Crippen LogP contribution in [0.2, 0.25) is 0 Å². The van der Waals surface area contributed by atoms with Gasteiger partial charge in [0.25, 0.3) is 0 Å². The van der Waals surface area contributed by atoms with Gasteiger partial charge in [-0.05, 0) is 11.4 Å². The number of thiophene rings is 1. The smallest absolute Gasteiger partial charge is 0.249 e. The number of carbonyl (C=O) groups is 1. The van der Waals surface area contributed by atoms with E-state index >= 15 is 0 Å². The lowest BCUT2D eigenvalue weighted by molar-refractivity contribution is -0.160. The molecule has 1 fully saturated rings. The molecule has 0 atom stereocenters. The van der Waals surface area contributed by atoms with Crippen LogP contribution in [0.4, 0.5) is 8.78 Å². The summed E-state index contributed by atoms with van der Waals surface area (Å²) in [5.41, 5.74) is 3.74. The zero-order valence-electron chi connectivity index (χ0n) is 12.3. The number of aromatic nitrogens is 2. The SMILES string of the molecule is O=C(C1CC(F)(F)C1)N1CCc2ncnc(-c3ccsc3)c2C1. The van der Waals surface area contributed by atoms with Gasteiger partial charge < -0.3 is 4.90 Å². The molecule has 1 amide bonds. The lowest BCUT2D eigenvalue weighted by atomic mass is 9.80. The molecule has 7 heteroatoms. The Kier molecular flexibility index (Phi) is 3.41. The molecule has 120 valence electrons. The lowest BCUT2D eigenvalue weighted by Crippen LogP contribution is -2.48. The Labute approximate surface area is 136 Å². The van der Waals surface area contributed by atoms with E-state index in [0.29, 0.717) is 19.5 Å². The highest BCUT2D eigenvalue weighted by Crippen LogP contribution is 2.43. The fourth-order valence-corrected chi connectivity index (χ4v) is 3.91. The first-order valence-electron chi connectivity index (χ1n) is 7.55. The number of rotatable bonds is 2. The average Bonchev–Trinajstić information content (AvgIpc) is 3.05. The Balaban J connectivity index is 1.58. The van der Waals surface area contributed by atoms with Gasteiger partial charge in [-0.25, -0.2) is 18.7 Å². The quantitative estimate of drug-likeness (QED) is 0.847. The van der Waals surface area contributed by atoms with Gasteiger partial charge in [0.05, 0.1) is 11.4 Å². The normalized spacial score (nSPS) is 20.0. The summed E-state index contributed by atoms with van der Waals surface area (Å²) in [6.45, 7) is 0.941. The zero-order chi connectivity index (χ0) is 16.0. The van der Waals surface area contributed by atoms with E-state index in [1.54, 1.807) is 22.6 Å². The van der Waals surface area contributed by atoms with Crippen molar-refractivity contribution in [3.8, 4) is 11.3 Å². The number of amides is 1. The number of hydrogen-bond donors (Lipinski definition) is 0. The number of fused-ring (bicyclic) bond motifs is 1. The van der Waals surface area contributed by atoms with Gasteiger partial charge in [0.15, 0.2) is 0 Å². The van der Waals surface area contributed by atoms with Gasteiger partial charge in [0.2, 0.25) is 11.8 Å². The molecule has 4 nitrogen and oxygen atoms in total. The number of carbonyl (C=O) groups excluding carboxylic acids is 1. The minimum atomic E-state index is -2.67. The molecule has 3 heterocycles. The molecule has 2 aliphatic rings. The molecule has 0 unspecified atom stereocenters. The van der Waals surface area contributed by atoms with E-state index in [1.807, 2.05) is 16.8 Å². The monoisotopic (exact) mass is 335 g/mol. The standard InChI is InChI=1S/C16H15F2N3OS/c17-16(18)5-11(6-16)15(22)21-3-1-13-12(7-21)14(20-9-19-13)10-2-4-23-8-10/h2,4,8-9,11H,1,3,5-7H2. The molecule has 2 aromatic heterocycles. The van der Waals surface area contributed by atoms with E-state index in [0.717, 1.165) is 22.5 Å². The average molecular weight is 335 g/mol. The fraction of sp³-hybridized carbons (Fsp3) is 0.438. The van der Waals surface area contributed by atoms with Crippen molar-refractivity contribution in [2.24, 2.45) is 5.92 Å². The number of nitrogens with zero attached hydrogens (tertiary/aromatic N) is 3. The van der Waals surface area contributed by atoms with Crippen LogP contribution in [-0.4, -0.2) is 33.2 Å². The molecule has 1 aliphatic heterocycles. The van der Waals surface area contributed by atoms with Crippen molar-refractivity contribution in [1.29, 1.82) is 0 Å². The number of hydrogen-bond acceptors (Lipinski definition) is 4. The third-order valence-electron chi connectivity index (χ3n) is 4.55. The van der Waals surface area contributed by atoms with Crippen molar-refractivity contribution >= 4 is 17.2 Å². The molecule has 23 heavy (non-hydrogen) atoms. The van der Waals surface area contributed by atoms with Gasteiger partial charge in [0.1, 0.15) is 6.33 Å². The summed E-state index contributed by atoms with van der Waals surface area (Å²) in [5.74, 6) is -3.37. The van der Waals surface area contributed by atoms with Crippen LogP contribution < -0.4 is 0 Å². The Morgan fingerprint density at radius 1 is 1.35 bits per heavy atom.